The smallest absolute Gasteiger partial charge is 0.0486 e. The van der Waals surface area contributed by atoms with Crippen LogP contribution < -0.4 is 5.73 Å². The molecule has 0 radical (unpaired) electrons. The fourth-order valence-corrected chi connectivity index (χ4v) is 4.32. The molecule has 1 unspecified atom stereocenters. The molecule has 1 aromatic carbocycles. The Balaban J connectivity index is 2.26. The summed E-state index contributed by atoms with van der Waals surface area (Å²) in [6.07, 6.45) is 0. The van der Waals surface area contributed by atoms with Gasteiger partial charge in [-0.15, -0.1) is 0 Å². The van der Waals surface area contributed by atoms with Gasteiger partial charge in [0.15, 0.2) is 0 Å². The fourth-order valence-electron chi connectivity index (χ4n) is 2.56. The largest absolute Gasteiger partial charge is 0.329 e. The second-order valence-corrected chi connectivity index (χ2v) is 8.62. The zero-order chi connectivity index (χ0) is 14.0. The van der Waals surface area contributed by atoms with E-state index in [-0.39, 0.29) is 10.8 Å². The average Bonchev–Trinajstić information content (AvgIpc) is 2.33. The van der Waals surface area contributed by atoms with Crippen molar-refractivity contribution in [2.75, 3.05) is 25.4 Å². The first-order valence-electron chi connectivity index (χ1n) is 6.46. The fraction of sp³-hybridized carbons (Fsp3) is 0.571. The van der Waals surface area contributed by atoms with Crippen LogP contribution in [0.3, 0.4) is 0 Å². The molecule has 0 spiro atoms. The third-order valence-corrected chi connectivity index (χ3v) is 5.57. The lowest BCUT2D eigenvalue weighted by Gasteiger charge is -2.42. The minimum absolute atomic E-state index is 0.199. The average molecular weight is 364 g/mol. The van der Waals surface area contributed by atoms with Crippen LogP contribution >= 0.6 is 39.3 Å². The molecule has 1 atom stereocenters. The van der Waals surface area contributed by atoms with E-state index in [1.807, 2.05) is 23.9 Å². The summed E-state index contributed by atoms with van der Waals surface area (Å²) in [7, 11) is 0. The normalized spacial score (nSPS) is 21.3. The van der Waals surface area contributed by atoms with Crippen molar-refractivity contribution >= 4 is 39.3 Å². The Morgan fingerprint density at radius 2 is 2.26 bits per heavy atom. The number of benzene rings is 1. The third kappa shape index (κ3) is 3.88. The molecule has 5 heteroatoms. The molecule has 0 saturated carbocycles. The van der Waals surface area contributed by atoms with Gasteiger partial charge in [-0.1, -0.05) is 27.5 Å². The number of halogens is 2. The molecule has 1 saturated heterocycles. The van der Waals surface area contributed by atoms with Crippen molar-refractivity contribution in [2.45, 2.75) is 24.6 Å². The summed E-state index contributed by atoms with van der Waals surface area (Å²) in [5, 5.41) is 0.801. The van der Waals surface area contributed by atoms with Gasteiger partial charge in [0, 0.05) is 45.7 Å². The van der Waals surface area contributed by atoms with Crippen molar-refractivity contribution < 1.29 is 0 Å². The van der Waals surface area contributed by atoms with Gasteiger partial charge in [0.1, 0.15) is 0 Å². The van der Waals surface area contributed by atoms with E-state index >= 15 is 0 Å². The van der Waals surface area contributed by atoms with E-state index in [1.165, 1.54) is 0 Å². The summed E-state index contributed by atoms with van der Waals surface area (Å²) in [6, 6.07) is 6.20. The first kappa shape index (κ1) is 15.6. The molecular weight excluding hydrogens is 344 g/mol. The lowest BCUT2D eigenvalue weighted by atomic mass is 10.0. The van der Waals surface area contributed by atoms with Crippen molar-refractivity contribution in [1.29, 1.82) is 0 Å². The van der Waals surface area contributed by atoms with Gasteiger partial charge in [-0.3, -0.25) is 4.90 Å². The van der Waals surface area contributed by atoms with Crippen LogP contribution in [0.2, 0.25) is 5.02 Å². The summed E-state index contributed by atoms with van der Waals surface area (Å²) < 4.78 is 1.33. The number of thioether (sulfide) groups is 1. The summed E-state index contributed by atoms with van der Waals surface area (Å²) in [6.45, 7) is 7.29. The van der Waals surface area contributed by atoms with Gasteiger partial charge < -0.3 is 5.73 Å². The van der Waals surface area contributed by atoms with E-state index in [0.29, 0.717) is 6.54 Å². The molecular formula is C14H20BrClN2S. The molecule has 1 fully saturated rings. The van der Waals surface area contributed by atoms with Crippen molar-refractivity contribution in [3.05, 3.63) is 33.3 Å². The minimum atomic E-state index is 0.199. The number of nitrogens with zero attached hydrogens (tertiary/aromatic N) is 1. The van der Waals surface area contributed by atoms with E-state index in [4.69, 9.17) is 17.3 Å². The Bertz CT molecular complexity index is 453. The van der Waals surface area contributed by atoms with Crippen LogP contribution in [-0.4, -0.2) is 35.0 Å². The van der Waals surface area contributed by atoms with Crippen LogP contribution in [0.4, 0.5) is 0 Å². The van der Waals surface area contributed by atoms with Crippen molar-refractivity contribution in [3.63, 3.8) is 0 Å². The van der Waals surface area contributed by atoms with Crippen LogP contribution in [0.25, 0.3) is 0 Å². The SMILES string of the molecule is CC1(C)CN(C(CN)c2cc(Br)ccc2Cl)CCS1. The van der Waals surface area contributed by atoms with Crippen LogP contribution in [0.5, 0.6) is 0 Å². The van der Waals surface area contributed by atoms with Crippen LogP contribution in [-0.2, 0) is 0 Å². The molecule has 106 valence electrons. The van der Waals surface area contributed by atoms with Gasteiger partial charge in [-0.05, 0) is 37.6 Å². The van der Waals surface area contributed by atoms with Crippen LogP contribution in [0.1, 0.15) is 25.5 Å². The molecule has 0 bridgehead atoms. The number of hydrogen-bond donors (Lipinski definition) is 1. The van der Waals surface area contributed by atoms with E-state index < -0.39 is 0 Å². The number of hydrogen-bond acceptors (Lipinski definition) is 3. The maximum atomic E-state index is 6.35. The Kier molecular flexibility index (Phi) is 5.23. The Labute approximate surface area is 133 Å². The monoisotopic (exact) mass is 362 g/mol. The molecule has 1 aliphatic heterocycles. The van der Waals surface area contributed by atoms with Crippen LogP contribution in [0.15, 0.2) is 22.7 Å². The Morgan fingerprint density at radius 3 is 2.89 bits per heavy atom. The highest BCUT2D eigenvalue weighted by Crippen LogP contribution is 2.36. The standard InChI is InChI=1S/C14H20BrClN2S/c1-14(2)9-18(5-6-19-14)13(8-17)11-7-10(15)3-4-12(11)16/h3-4,7,13H,5-6,8-9,17H2,1-2H3. The molecule has 0 amide bonds. The highest BCUT2D eigenvalue weighted by Gasteiger charge is 2.31. The summed E-state index contributed by atoms with van der Waals surface area (Å²) >= 11 is 11.9. The first-order chi connectivity index (χ1) is 8.93. The van der Waals surface area contributed by atoms with E-state index in [2.05, 4.69) is 40.7 Å². The molecule has 1 aromatic rings. The maximum Gasteiger partial charge on any atom is 0.0486 e. The van der Waals surface area contributed by atoms with Gasteiger partial charge in [-0.25, -0.2) is 0 Å². The van der Waals surface area contributed by atoms with Gasteiger partial charge in [0.2, 0.25) is 0 Å². The van der Waals surface area contributed by atoms with Crippen LogP contribution in [0, 0.1) is 0 Å². The highest BCUT2D eigenvalue weighted by atomic mass is 79.9. The quantitative estimate of drug-likeness (QED) is 0.882. The highest BCUT2D eigenvalue weighted by molar-refractivity contribution is 9.10. The zero-order valence-electron chi connectivity index (χ0n) is 11.3. The molecule has 2 rings (SSSR count). The Hall–Kier alpha value is 0.260. The van der Waals surface area contributed by atoms with E-state index in [9.17, 15) is 0 Å². The molecule has 1 aliphatic rings. The zero-order valence-corrected chi connectivity index (χ0v) is 14.5. The van der Waals surface area contributed by atoms with E-state index in [0.717, 1.165) is 33.9 Å². The Morgan fingerprint density at radius 1 is 1.53 bits per heavy atom. The number of nitrogens with two attached hydrogens (primary N) is 1. The van der Waals surface area contributed by atoms with Crippen molar-refractivity contribution in [1.82, 2.24) is 4.90 Å². The predicted octanol–water partition coefficient (Wildman–Crippen LogP) is 3.93. The second kappa shape index (κ2) is 6.35. The maximum absolute atomic E-state index is 6.35. The van der Waals surface area contributed by atoms with Crippen molar-refractivity contribution in [2.24, 2.45) is 5.73 Å². The van der Waals surface area contributed by atoms with E-state index in [1.54, 1.807) is 0 Å². The van der Waals surface area contributed by atoms with Gasteiger partial charge in [0.25, 0.3) is 0 Å². The third-order valence-electron chi connectivity index (χ3n) is 3.44. The molecule has 2 nitrogen and oxygen atoms in total. The molecule has 2 N–H and O–H groups in total. The van der Waals surface area contributed by atoms with Gasteiger partial charge in [-0.2, -0.15) is 11.8 Å². The minimum Gasteiger partial charge on any atom is -0.329 e. The topological polar surface area (TPSA) is 29.3 Å². The summed E-state index contributed by atoms with van der Waals surface area (Å²) in [5.74, 6) is 1.15. The molecule has 19 heavy (non-hydrogen) atoms. The number of rotatable bonds is 3. The first-order valence-corrected chi connectivity index (χ1v) is 8.61. The molecule has 1 heterocycles. The van der Waals surface area contributed by atoms with Gasteiger partial charge in [0.05, 0.1) is 0 Å². The lowest BCUT2D eigenvalue weighted by molar-refractivity contribution is 0.192. The predicted molar refractivity (Wildman–Crippen MR) is 89.1 cm³/mol. The van der Waals surface area contributed by atoms with Crippen molar-refractivity contribution in [3.8, 4) is 0 Å². The second-order valence-electron chi connectivity index (χ2n) is 5.50. The lowest BCUT2D eigenvalue weighted by Crippen LogP contribution is -2.46. The summed E-state index contributed by atoms with van der Waals surface area (Å²) in [5.41, 5.74) is 7.15. The molecule has 0 aromatic heterocycles. The summed E-state index contributed by atoms with van der Waals surface area (Å²) in [4.78, 5) is 2.46. The van der Waals surface area contributed by atoms with Gasteiger partial charge >= 0.3 is 0 Å². The molecule has 0 aliphatic carbocycles.